The lowest BCUT2D eigenvalue weighted by atomic mass is 9.84. The molecule has 3 heteroatoms. The van der Waals surface area contributed by atoms with Gasteiger partial charge in [0, 0.05) is 24.7 Å². The third-order valence-corrected chi connectivity index (χ3v) is 3.67. The van der Waals surface area contributed by atoms with E-state index in [1.54, 1.807) is 0 Å². The summed E-state index contributed by atoms with van der Waals surface area (Å²) in [5.74, 6) is 1.35. The molecule has 0 atom stereocenters. The van der Waals surface area contributed by atoms with Gasteiger partial charge in [-0.2, -0.15) is 5.10 Å². The second-order valence-electron chi connectivity index (χ2n) is 4.64. The summed E-state index contributed by atoms with van der Waals surface area (Å²) >= 11 is 6.06. The smallest absolute Gasteiger partial charge is 0.0562 e. The van der Waals surface area contributed by atoms with Crippen LogP contribution in [0.3, 0.4) is 0 Å². The van der Waals surface area contributed by atoms with Gasteiger partial charge in [0.2, 0.25) is 0 Å². The average Bonchev–Trinajstić information content (AvgIpc) is 2.73. The number of aryl methyl sites for hydroxylation is 1. The van der Waals surface area contributed by atoms with Crippen molar-refractivity contribution < 1.29 is 0 Å². The Kier molecular flexibility index (Phi) is 4.05. The Morgan fingerprint density at radius 3 is 2.81 bits per heavy atom. The van der Waals surface area contributed by atoms with Crippen LogP contribution in [0.4, 0.5) is 0 Å². The second-order valence-corrected chi connectivity index (χ2v) is 4.90. The fraction of sp³-hybridized carbons (Fsp3) is 0.615. The van der Waals surface area contributed by atoms with Crippen LogP contribution < -0.4 is 0 Å². The highest BCUT2D eigenvalue weighted by Crippen LogP contribution is 2.31. The lowest BCUT2D eigenvalue weighted by Gasteiger charge is -2.23. The predicted molar refractivity (Wildman–Crippen MR) is 68.5 cm³/mol. The van der Waals surface area contributed by atoms with Crippen LogP contribution in [0.15, 0.2) is 18.0 Å². The predicted octanol–water partition coefficient (Wildman–Crippen LogP) is 3.62. The summed E-state index contributed by atoms with van der Waals surface area (Å²) in [6.07, 6.45) is 12.9. The van der Waals surface area contributed by atoms with Gasteiger partial charge in [0.25, 0.3) is 0 Å². The first-order chi connectivity index (χ1) is 7.79. The number of alkyl halides is 1. The van der Waals surface area contributed by atoms with Crippen LogP contribution >= 0.6 is 11.6 Å². The van der Waals surface area contributed by atoms with Crippen LogP contribution in [-0.4, -0.2) is 15.7 Å². The maximum atomic E-state index is 6.06. The zero-order valence-electron chi connectivity index (χ0n) is 9.82. The Balaban J connectivity index is 2.11. The Morgan fingerprint density at radius 2 is 2.25 bits per heavy atom. The molecule has 0 saturated heterocycles. The molecule has 1 aromatic heterocycles. The van der Waals surface area contributed by atoms with Crippen molar-refractivity contribution in [3.63, 3.8) is 0 Å². The number of rotatable bonds is 3. The number of nitrogens with zero attached hydrogens (tertiary/aromatic N) is 2. The summed E-state index contributed by atoms with van der Waals surface area (Å²) in [6, 6.07) is 0. The summed E-state index contributed by atoms with van der Waals surface area (Å²) in [5.41, 5.74) is 2.55. The molecule has 0 unspecified atom stereocenters. The summed E-state index contributed by atoms with van der Waals surface area (Å²) in [7, 11) is 1.94. The van der Waals surface area contributed by atoms with Crippen LogP contribution in [-0.2, 0) is 7.05 Å². The molecule has 88 valence electrons. The van der Waals surface area contributed by atoms with Crippen molar-refractivity contribution in [2.45, 2.75) is 32.1 Å². The van der Waals surface area contributed by atoms with E-state index in [-0.39, 0.29) is 0 Å². The second kappa shape index (κ2) is 5.53. The molecule has 0 bridgehead atoms. The molecule has 1 aliphatic carbocycles. The maximum absolute atomic E-state index is 6.06. The van der Waals surface area contributed by atoms with Gasteiger partial charge in [-0.25, -0.2) is 0 Å². The van der Waals surface area contributed by atoms with Crippen LogP contribution in [0.1, 0.15) is 37.7 Å². The summed E-state index contributed by atoms with van der Waals surface area (Å²) in [5, 5.41) is 4.18. The monoisotopic (exact) mass is 238 g/mol. The fourth-order valence-corrected chi connectivity index (χ4v) is 2.76. The van der Waals surface area contributed by atoms with Crippen molar-refractivity contribution in [1.82, 2.24) is 9.78 Å². The van der Waals surface area contributed by atoms with Crippen molar-refractivity contribution in [1.29, 1.82) is 0 Å². The van der Waals surface area contributed by atoms with E-state index < -0.39 is 0 Å². The van der Waals surface area contributed by atoms with Gasteiger partial charge in [-0.3, -0.25) is 4.68 Å². The maximum Gasteiger partial charge on any atom is 0.0562 e. The number of allylic oxidation sites excluding steroid dienone is 1. The molecule has 1 fully saturated rings. The normalized spacial score (nSPS) is 19.0. The van der Waals surface area contributed by atoms with Crippen molar-refractivity contribution >= 4 is 17.7 Å². The van der Waals surface area contributed by atoms with Crippen LogP contribution in [0.5, 0.6) is 0 Å². The third kappa shape index (κ3) is 2.88. The number of hydrogen-bond donors (Lipinski definition) is 0. The minimum Gasteiger partial charge on any atom is -0.275 e. The van der Waals surface area contributed by atoms with Crippen LogP contribution in [0.25, 0.3) is 6.08 Å². The SMILES string of the molecule is Cn1cc(C=C(CCl)C2CCCCC2)cn1. The van der Waals surface area contributed by atoms with Crippen LogP contribution in [0.2, 0.25) is 0 Å². The highest BCUT2D eigenvalue weighted by Gasteiger charge is 2.17. The Hall–Kier alpha value is -0.760. The molecule has 0 amide bonds. The molecule has 1 heterocycles. The van der Waals surface area contributed by atoms with Gasteiger partial charge in [0.1, 0.15) is 0 Å². The summed E-state index contributed by atoms with van der Waals surface area (Å²) < 4.78 is 1.83. The molecule has 1 aromatic rings. The third-order valence-electron chi connectivity index (χ3n) is 3.36. The highest BCUT2D eigenvalue weighted by molar-refractivity contribution is 6.19. The molecular formula is C13H19ClN2. The number of aromatic nitrogens is 2. The van der Waals surface area contributed by atoms with E-state index in [1.165, 1.54) is 43.2 Å². The minimum absolute atomic E-state index is 0.652. The first-order valence-corrected chi connectivity index (χ1v) is 6.58. The number of halogens is 1. The van der Waals surface area contributed by atoms with E-state index in [4.69, 9.17) is 11.6 Å². The minimum atomic E-state index is 0.652. The summed E-state index contributed by atoms with van der Waals surface area (Å²) in [4.78, 5) is 0. The molecule has 16 heavy (non-hydrogen) atoms. The molecular weight excluding hydrogens is 220 g/mol. The fourth-order valence-electron chi connectivity index (χ4n) is 2.47. The zero-order valence-corrected chi connectivity index (χ0v) is 10.6. The first-order valence-electron chi connectivity index (χ1n) is 6.04. The molecule has 0 aromatic carbocycles. The highest BCUT2D eigenvalue weighted by atomic mass is 35.5. The first kappa shape index (κ1) is 11.7. The van der Waals surface area contributed by atoms with Crippen molar-refractivity contribution in [3.8, 4) is 0 Å². The van der Waals surface area contributed by atoms with E-state index >= 15 is 0 Å². The van der Waals surface area contributed by atoms with Gasteiger partial charge in [-0.1, -0.05) is 30.9 Å². The van der Waals surface area contributed by atoms with E-state index in [9.17, 15) is 0 Å². The Morgan fingerprint density at radius 1 is 1.50 bits per heavy atom. The van der Waals surface area contributed by atoms with Crippen molar-refractivity contribution in [2.24, 2.45) is 13.0 Å². The standard InChI is InChI=1S/C13H19ClN2/c1-16-10-11(9-15-16)7-13(8-14)12-5-3-2-4-6-12/h7,9-10,12H,2-6,8H2,1H3. The molecule has 0 spiro atoms. The van der Waals surface area contributed by atoms with Gasteiger partial charge in [0.05, 0.1) is 6.20 Å². The van der Waals surface area contributed by atoms with E-state index in [2.05, 4.69) is 11.2 Å². The Labute approximate surface area is 102 Å². The van der Waals surface area contributed by atoms with Gasteiger partial charge in [0.15, 0.2) is 0 Å². The Bertz CT molecular complexity index is 362. The molecule has 0 radical (unpaired) electrons. The van der Waals surface area contributed by atoms with Crippen LogP contribution in [0, 0.1) is 5.92 Å². The molecule has 1 aliphatic rings. The number of hydrogen-bond acceptors (Lipinski definition) is 1. The van der Waals surface area contributed by atoms with Gasteiger partial charge in [-0.05, 0) is 18.8 Å². The van der Waals surface area contributed by atoms with E-state index in [1.807, 2.05) is 24.1 Å². The van der Waals surface area contributed by atoms with E-state index in [0.29, 0.717) is 11.8 Å². The van der Waals surface area contributed by atoms with Crippen molar-refractivity contribution in [3.05, 3.63) is 23.5 Å². The van der Waals surface area contributed by atoms with Gasteiger partial charge < -0.3 is 0 Å². The molecule has 0 aliphatic heterocycles. The zero-order chi connectivity index (χ0) is 11.4. The average molecular weight is 239 g/mol. The van der Waals surface area contributed by atoms with Crippen molar-refractivity contribution in [2.75, 3.05) is 5.88 Å². The molecule has 2 nitrogen and oxygen atoms in total. The molecule has 0 N–H and O–H groups in total. The lowest BCUT2D eigenvalue weighted by molar-refractivity contribution is 0.405. The van der Waals surface area contributed by atoms with Gasteiger partial charge >= 0.3 is 0 Å². The largest absolute Gasteiger partial charge is 0.275 e. The molecule has 2 rings (SSSR count). The van der Waals surface area contributed by atoms with E-state index in [0.717, 1.165) is 0 Å². The lowest BCUT2D eigenvalue weighted by Crippen LogP contribution is -2.10. The molecule has 1 saturated carbocycles. The quantitative estimate of drug-likeness (QED) is 0.736. The summed E-state index contributed by atoms with van der Waals surface area (Å²) in [6.45, 7) is 0. The topological polar surface area (TPSA) is 17.8 Å². The van der Waals surface area contributed by atoms with Gasteiger partial charge in [-0.15, -0.1) is 11.6 Å².